The van der Waals surface area contributed by atoms with Crippen LogP contribution in [-0.4, -0.2) is 16.5 Å². The van der Waals surface area contributed by atoms with E-state index in [9.17, 15) is 10.1 Å². The van der Waals surface area contributed by atoms with E-state index >= 15 is 0 Å². The van der Waals surface area contributed by atoms with Gasteiger partial charge in [-0.25, -0.2) is 4.98 Å². The Labute approximate surface area is 117 Å². The van der Waals surface area contributed by atoms with E-state index in [0.29, 0.717) is 12.4 Å². The van der Waals surface area contributed by atoms with Gasteiger partial charge in [-0.05, 0) is 17.7 Å². The topological polar surface area (TPSA) is 59.3 Å². The number of anilines is 2. The minimum Gasteiger partial charge on any atom is -0.319 e. The highest BCUT2D eigenvalue weighted by molar-refractivity contribution is 5.75. The van der Waals surface area contributed by atoms with Gasteiger partial charge in [-0.3, -0.25) is 10.1 Å². The Morgan fingerprint density at radius 2 is 2.00 bits per heavy atom. The number of fused-ring (bicyclic) bond motifs is 1. The van der Waals surface area contributed by atoms with Gasteiger partial charge in [0.2, 0.25) is 5.82 Å². The van der Waals surface area contributed by atoms with E-state index in [-0.39, 0.29) is 16.0 Å². The number of hydrogen-bond acceptors (Lipinski definition) is 4. The zero-order chi connectivity index (χ0) is 14.3. The largest absolute Gasteiger partial charge is 0.319 e. The fraction of sp³-hybridized carbons (Fsp3) is 0.267. The molecule has 3 rings (SSSR count). The predicted molar refractivity (Wildman–Crippen MR) is 77.4 cm³/mol. The average molecular weight is 269 g/mol. The monoisotopic (exact) mass is 269 g/mol. The molecule has 0 atom stereocenters. The summed E-state index contributed by atoms with van der Waals surface area (Å²) >= 11 is 0. The van der Waals surface area contributed by atoms with Gasteiger partial charge in [-0.2, -0.15) is 0 Å². The van der Waals surface area contributed by atoms with Crippen molar-refractivity contribution in [1.29, 1.82) is 0 Å². The molecule has 1 aliphatic heterocycles. The molecule has 2 aromatic rings. The second-order valence-corrected chi connectivity index (χ2v) is 5.59. The van der Waals surface area contributed by atoms with Crippen LogP contribution in [0.5, 0.6) is 0 Å². The van der Waals surface area contributed by atoms with Gasteiger partial charge >= 0.3 is 5.69 Å². The Kier molecular flexibility index (Phi) is 2.71. The Bertz CT molecular complexity index is 682. The van der Waals surface area contributed by atoms with Crippen molar-refractivity contribution in [2.75, 3.05) is 11.4 Å². The summed E-state index contributed by atoms with van der Waals surface area (Å²) < 4.78 is 0. The predicted octanol–water partition coefficient (Wildman–Crippen LogP) is 3.42. The van der Waals surface area contributed by atoms with Crippen LogP contribution in [0.1, 0.15) is 19.4 Å². The quantitative estimate of drug-likeness (QED) is 0.619. The molecule has 0 unspecified atom stereocenters. The summed E-state index contributed by atoms with van der Waals surface area (Å²) in [5.41, 5.74) is 2.18. The summed E-state index contributed by atoms with van der Waals surface area (Å²) in [4.78, 5) is 17.0. The number of para-hydroxylation sites is 1. The van der Waals surface area contributed by atoms with Crippen molar-refractivity contribution in [1.82, 2.24) is 4.98 Å². The normalized spacial score (nSPS) is 16.0. The first-order valence-corrected chi connectivity index (χ1v) is 6.47. The van der Waals surface area contributed by atoms with E-state index in [0.717, 1.165) is 5.69 Å². The molecule has 1 aromatic carbocycles. The highest BCUT2D eigenvalue weighted by Crippen LogP contribution is 2.45. The van der Waals surface area contributed by atoms with Crippen LogP contribution in [0.25, 0.3) is 0 Å². The lowest BCUT2D eigenvalue weighted by Crippen LogP contribution is -2.26. The number of aromatic nitrogens is 1. The second-order valence-electron chi connectivity index (χ2n) is 5.59. The van der Waals surface area contributed by atoms with Gasteiger partial charge < -0.3 is 4.90 Å². The van der Waals surface area contributed by atoms with Crippen LogP contribution in [0.15, 0.2) is 42.6 Å². The Morgan fingerprint density at radius 1 is 1.25 bits per heavy atom. The number of nitro groups is 1. The van der Waals surface area contributed by atoms with Crippen molar-refractivity contribution < 1.29 is 4.92 Å². The van der Waals surface area contributed by atoms with Gasteiger partial charge in [-0.1, -0.05) is 32.0 Å². The smallest absolute Gasteiger partial charge is 0.311 e. The fourth-order valence-corrected chi connectivity index (χ4v) is 2.77. The fourth-order valence-electron chi connectivity index (χ4n) is 2.77. The maximum Gasteiger partial charge on any atom is 0.311 e. The molecule has 0 radical (unpaired) electrons. The molecule has 0 saturated carbocycles. The van der Waals surface area contributed by atoms with Crippen molar-refractivity contribution in [3.63, 3.8) is 0 Å². The molecule has 0 saturated heterocycles. The third-order valence-corrected chi connectivity index (χ3v) is 3.70. The molecule has 1 aromatic heterocycles. The van der Waals surface area contributed by atoms with Crippen molar-refractivity contribution in [3.05, 3.63) is 58.3 Å². The SMILES string of the molecule is CC1(C)CN(c2ncccc2[N+](=O)[O-])c2ccccc21. The zero-order valence-corrected chi connectivity index (χ0v) is 11.4. The van der Waals surface area contributed by atoms with Gasteiger partial charge in [-0.15, -0.1) is 0 Å². The molecular weight excluding hydrogens is 254 g/mol. The van der Waals surface area contributed by atoms with E-state index in [2.05, 4.69) is 24.9 Å². The molecule has 20 heavy (non-hydrogen) atoms. The molecule has 102 valence electrons. The van der Waals surface area contributed by atoms with Crippen LogP contribution in [-0.2, 0) is 5.41 Å². The lowest BCUT2D eigenvalue weighted by Gasteiger charge is -2.21. The summed E-state index contributed by atoms with van der Waals surface area (Å²) in [5, 5.41) is 11.2. The number of pyridine rings is 1. The summed E-state index contributed by atoms with van der Waals surface area (Å²) in [7, 11) is 0. The lowest BCUT2D eigenvalue weighted by atomic mass is 9.87. The Balaban J connectivity index is 2.17. The third kappa shape index (κ3) is 1.82. The summed E-state index contributed by atoms with van der Waals surface area (Å²) in [5.74, 6) is 0.413. The van der Waals surface area contributed by atoms with Crippen molar-refractivity contribution in [2.45, 2.75) is 19.3 Å². The average Bonchev–Trinajstić information content (AvgIpc) is 2.71. The summed E-state index contributed by atoms with van der Waals surface area (Å²) in [6.07, 6.45) is 1.59. The van der Waals surface area contributed by atoms with Gasteiger partial charge in [0.15, 0.2) is 0 Å². The maximum atomic E-state index is 11.2. The number of benzene rings is 1. The van der Waals surface area contributed by atoms with Gasteiger partial charge in [0.1, 0.15) is 0 Å². The van der Waals surface area contributed by atoms with Gasteiger partial charge in [0.05, 0.1) is 4.92 Å². The molecule has 5 nitrogen and oxygen atoms in total. The Hall–Kier alpha value is -2.43. The molecule has 0 N–H and O–H groups in total. The molecule has 0 fully saturated rings. The first kappa shape index (κ1) is 12.6. The molecular formula is C15H15N3O2. The standard InChI is InChI=1S/C15H15N3O2/c1-15(2)10-17(12-7-4-3-6-11(12)15)14-13(18(19)20)8-5-9-16-14/h3-9H,10H2,1-2H3. The first-order chi connectivity index (χ1) is 9.50. The van der Waals surface area contributed by atoms with Crippen molar-refractivity contribution in [3.8, 4) is 0 Å². The molecule has 2 heterocycles. The lowest BCUT2D eigenvalue weighted by molar-refractivity contribution is -0.384. The summed E-state index contributed by atoms with van der Waals surface area (Å²) in [6, 6.07) is 11.1. The molecule has 0 amide bonds. The van der Waals surface area contributed by atoms with E-state index in [4.69, 9.17) is 0 Å². The first-order valence-electron chi connectivity index (χ1n) is 6.47. The minimum absolute atomic E-state index is 0.0417. The summed E-state index contributed by atoms with van der Waals surface area (Å²) in [6.45, 7) is 4.96. The van der Waals surface area contributed by atoms with Crippen LogP contribution >= 0.6 is 0 Å². The Morgan fingerprint density at radius 3 is 2.75 bits per heavy atom. The van der Waals surface area contributed by atoms with Crippen LogP contribution in [0.2, 0.25) is 0 Å². The molecule has 0 bridgehead atoms. The molecule has 5 heteroatoms. The third-order valence-electron chi connectivity index (χ3n) is 3.70. The minimum atomic E-state index is -0.379. The second kappa shape index (κ2) is 4.30. The highest BCUT2D eigenvalue weighted by atomic mass is 16.6. The van der Waals surface area contributed by atoms with Crippen LogP contribution < -0.4 is 4.90 Å². The molecule has 0 aliphatic carbocycles. The van der Waals surface area contributed by atoms with E-state index in [1.807, 2.05) is 23.1 Å². The number of hydrogen-bond donors (Lipinski definition) is 0. The van der Waals surface area contributed by atoms with Crippen LogP contribution in [0.3, 0.4) is 0 Å². The van der Waals surface area contributed by atoms with Gasteiger partial charge in [0, 0.05) is 29.9 Å². The van der Waals surface area contributed by atoms with Crippen molar-refractivity contribution >= 4 is 17.2 Å². The van der Waals surface area contributed by atoms with E-state index < -0.39 is 0 Å². The molecule has 0 spiro atoms. The van der Waals surface area contributed by atoms with E-state index in [1.165, 1.54) is 11.6 Å². The van der Waals surface area contributed by atoms with Gasteiger partial charge in [0.25, 0.3) is 0 Å². The number of rotatable bonds is 2. The van der Waals surface area contributed by atoms with Crippen molar-refractivity contribution in [2.24, 2.45) is 0 Å². The maximum absolute atomic E-state index is 11.2. The molecule has 1 aliphatic rings. The van der Waals surface area contributed by atoms with Crippen LogP contribution in [0, 0.1) is 10.1 Å². The van der Waals surface area contributed by atoms with Crippen LogP contribution in [0.4, 0.5) is 17.2 Å². The highest BCUT2D eigenvalue weighted by Gasteiger charge is 2.38. The number of nitrogens with zero attached hydrogens (tertiary/aromatic N) is 3. The van der Waals surface area contributed by atoms with E-state index in [1.54, 1.807) is 12.3 Å². The zero-order valence-electron chi connectivity index (χ0n) is 11.4.